The van der Waals surface area contributed by atoms with Crippen molar-refractivity contribution >= 4 is 17.6 Å². The third-order valence-corrected chi connectivity index (χ3v) is 1.59. The highest BCUT2D eigenvalue weighted by Crippen LogP contribution is 2.06. The van der Waals surface area contributed by atoms with E-state index in [4.69, 9.17) is 11.6 Å². The first-order chi connectivity index (χ1) is 4.22. The van der Waals surface area contributed by atoms with Crippen LogP contribution in [-0.2, 0) is 0 Å². The highest BCUT2D eigenvalue weighted by atomic mass is 35.5. The van der Waals surface area contributed by atoms with Gasteiger partial charge < -0.3 is 10.2 Å². The molecule has 0 aliphatic carbocycles. The number of urea groups is 1. The second-order valence-electron chi connectivity index (χ2n) is 1.79. The summed E-state index contributed by atoms with van der Waals surface area (Å²) in [6.07, 6.45) is 3.24. The first-order valence-electron chi connectivity index (χ1n) is 2.56. The number of likely N-dealkylation sites (N-methyl/N-ethyl adjacent to an activating group) is 1. The van der Waals surface area contributed by atoms with Crippen LogP contribution in [0.25, 0.3) is 0 Å². The van der Waals surface area contributed by atoms with E-state index in [1.807, 2.05) is 0 Å². The van der Waals surface area contributed by atoms with Crippen LogP contribution in [0.2, 0.25) is 0 Å². The number of amides is 2. The molecule has 0 spiro atoms. The van der Waals surface area contributed by atoms with Gasteiger partial charge >= 0.3 is 6.03 Å². The zero-order valence-electron chi connectivity index (χ0n) is 4.97. The Bertz CT molecular complexity index is 157. The lowest BCUT2D eigenvalue weighted by molar-refractivity contribution is 0.210. The maximum Gasteiger partial charge on any atom is 0.322 e. The molecule has 1 aliphatic heterocycles. The third kappa shape index (κ3) is 1.16. The van der Waals surface area contributed by atoms with Crippen molar-refractivity contribution in [1.29, 1.82) is 0 Å². The van der Waals surface area contributed by atoms with E-state index in [2.05, 4.69) is 5.32 Å². The molecule has 0 aromatic rings. The molecule has 0 aromatic heterocycles. The van der Waals surface area contributed by atoms with Crippen molar-refractivity contribution in [1.82, 2.24) is 10.2 Å². The minimum absolute atomic E-state index is 0.169. The van der Waals surface area contributed by atoms with E-state index in [9.17, 15) is 4.79 Å². The molecule has 0 saturated carbocycles. The minimum atomic E-state index is -0.307. The number of hydrogen-bond acceptors (Lipinski definition) is 1. The van der Waals surface area contributed by atoms with Crippen LogP contribution >= 0.6 is 11.6 Å². The van der Waals surface area contributed by atoms with E-state index in [0.717, 1.165) is 0 Å². The van der Waals surface area contributed by atoms with E-state index in [0.29, 0.717) is 0 Å². The van der Waals surface area contributed by atoms with Gasteiger partial charge in [0, 0.05) is 13.2 Å². The number of carbonyl (C=O) groups is 1. The number of halogens is 1. The zero-order valence-corrected chi connectivity index (χ0v) is 5.72. The predicted molar refractivity (Wildman–Crippen MR) is 35.1 cm³/mol. The molecule has 2 amide bonds. The van der Waals surface area contributed by atoms with Crippen LogP contribution in [0.4, 0.5) is 4.79 Å². The topological polar surface area (TPSA) is 32.3 Å². The maximum absolute atomic E-state index is 10.7. The molecule has 0 fully saturated rings. The van der Waals surface area contributed by atoms with Crippen LogP contribution < -0.4 is 5.32 Å². The van der Waals surface area contributed by atoms with Crippen molar-refractivity contribution in [3.05, 3.63) is 12.3 Å². The lowest BCUT2D eigenvalue weighted by Crippen LogP contribution is -2.41. The number of hydrogen-bond donors (Lipinski definition) is 1. The van der Waals surface area contributed by atoms with Gasteiger partial charge in [-0.25, -0.2) is 4.79 Å². The third-order valence-electron chi connectivity index (χ3n) is 1.15. The lowest BCUT2D eigenvalue weighted by atomic mass is 10.5. The van der Waals surface area contributed by atoms with Gasteiger partial charge in [0.2, 0.25) is 0 Å². The fraction of sp³-hybridized carbons (Fsp3) is 0.400. The van der Waals surface area contributed by atoms with Crippen molar-refractivity contribution in [3.63, 3.8) is 0 Å². The number of rotatable bonds is 0. The number of alkyl halides is 1. The molecular weight excluding hydrogens is 140 g/mol. The van der Waals surface area contributed by atoms with Gasteiger partial charge in [-0.1, -0.05) is 11.6 Å². The Morgan fingerprint density at radius 3 is 3.00 bits per heavy atom. The standard InChI is InChI=1S/C5H7ClN2O/c1-8-4(6)2-3-7-5(8)9/h2-4H,1H3,(H,7,9). The van der Waals surface area contributed by atoms with Crippen molar-refractivity contribution < 1.29 is 4.79 Å². The van der Waals surface area contributed by atoms with Crippen molar-refractivity contribution in [2.24, 2.45) is 0 Å². The fourth-order valence-corrected chi connectivity index (χ4v) is 0.703. The van der Waals surface area contributed by atoms with Gasteiger partial charge in [-0.3, -0.25) is 0 Å². The molecule has 1 unspecified atom stereocenters. The van der Waals surface area contributed by atoms with Gasteiger partial charge in [-0.2, -0.15) is 0 Å². The molecule has 0 radical (unpaired) electrons. The Kier molecular flexibility index (Phi) is 1.62. The first kappa shape index (κ1) is 6.42. The van der Waals surface area contributed by atoms with E-state index in [-0.39, 0.29) is 11.5 Å². The van der Waals surface area contributed by atoms with Gasteiger partial charge in [0.05, 0.1) is 0 Å². The molecule has 1 atom stereocenters. The van der Waals surface area contributed by atoms with Crippen LogP contribution in [0.3, 0.4) is 0 Å². The average Bonchev–Trinajstić information content (AvgIpc) is 1.83. The summed E-state index contributed by atoms with van der Waals surface area (Å²) >= 11 is 5.64. The largest absolute Gasteiger partial charge is 0.322 e. The molecule has 50 valence electrons. The Balaban J connectivity index is 2.69. The molecule has 9 heavy (non-hydrogen) atoms. The normalized spacial score (nSPS) is 26.2. The van der Waals surface area contributed by atoms with Crippen molar-refractivity contribution in [2.75, 3.05) is 7.05 Å². The van der Waals surface area contributed by atoms with Gasteiger partial charge in [0.15, 0.2) is 0 Å². The van der Waals surface area contributed by atoms with E-state index < -0.39 is 0 Å². The number of carbonyl (C=O) groups excluding carboxylic acids is 1. The fourth-order valence-electron chi connectivity index (χ4n) is 0.542. The molecule has 4 heteroatoms. The minimum Gasteiger partial charge on any atom is -0.315 e. The second-order valence-corrected chi connectivity index (χ2v) is 2.24. The molecule has 0 saturated heterocycles. The summed E-state index contributed by atoms with van der Waals surface area (Å²) in [7, 11) is 1.64. The Labute approximate surface area is 58.3 Å². The van der Waals surface area contributed by atoms with Crippen LogP contribution in [0.5, 0.6) is 0 Å². The monoisotopic (exact) mass is 146 g/mol. The highest BCUT2D eigenvalue weighted by Gasteiger charge is 2.16. The SMILES string of the molecule is CN1C(=O)NC=CC1Cl. The zero-order chi connectivity index (χ0) is 6.85. The average molecular weight is 147 g/mol. The van der Waals surface area contributed by atoms with E-state index in [1.54, 1.807) is 19.3 Å². The molecule has 1 N–H and O–H groups in total. The lowest BCUT2D eigenvalue weighted by Gasteiger charge is -2.23. The number of nitrogens with one attached hydrogen (secondary N) is 1. The molecular formula is C5H7ClN2O. The summed E-state index contributed by atoms with van der Waals surface area (Å²) in [4.78, 5) is 12.1. The summed E-state index contributed by atoms with van der Waals surface area (Å²) in [5.41, 5.74) is -0.307. The van der Waals surface area contributed by atoms with Crippen LogP contribution in [0.1, 0.15) is 0 Å². The Hall–Kier alpha value is -0.700. The quantitative estimate of drug-likeness (QED) is 0.397. The van der Waals surface area contributed by atoms with E-state index >= 15 is 0 Å². The summed E-state index contributed by atoms with van der Waals surface area (Å²) < 4.78 is 0. The highest BCUT2D eigenvalue weighted by molar-refractivity contribution is 6.22. The maximum atomic E-state index is 10.7. The molecule has 1 rings (SSSR count). The summed E-state index contributed by atoms with van der Waals surface area (Å²) in [6.45, 7) is 0. The molecule has 3 nitrogen and oxygen atoms in total. The van der Waals surface area contributed by atoms with Crippen LogP contribution in [-0.4, -0.2) is 23.5 Å². The van der Waals surface area contributed by atoms with Gasteiger partial charge in [-0.15, -0.1) is 0 Å². The smallest absolute Gasteiger partial charge is 0.315 e. The molecule has 0 aromatic carbocycles. The van der Waals surface area contributed by atoms with Crippen LogP contribution in [0.15, 0.2) is 12.3 Å². The number of nitrogens with zero attached hydrogens (tertiary/aromatic N) is 1. The molecule has 0 bridgehead atoms. The van der Waals surface area contributed by atoms with Gasteiger partial charge in [-0.05, 0) is 6.08 Å². The molecule has 1 heterocycles. The van der Waals surface area contributed by atoms with Gasteiger partial charge in [0.25, 0.3) is 0 Å². The second kappa shape index (κ2) is 2.27. The summed E-state index contributed by atoms with van der Waals surface area (Å²) in [6, 6.07) is -0.169. The van der Waals surface area contributed by atoms with E-state index in [1.165, 1.54) is 4.90 Å². The van der Waals surface area contributed by atoms with Gasteiger partial charge in [0.1, 0.15) is 5.50 Å². The summed E-state index contributed by atoms with van der Waals surface area (Å²) in [5, 5.41) is 2.48. The Morgan fingerprint density at radius 1 is 1.89 bits per heavy atom. The van der Waals surface area contributed by atoms with Crippen LogP contribution in [0, 0.1) is 0 Å². The molecule has 1 aliphatic rings. The van der Waals surface area contributed by atoms with Crippen molar-refractivity contribution in [3.8, 4) is 0 Å². The summed E-state index contributed by atoms with van der Waals surface area (Å²) in [5.74, 6) is 0. The van der Waals surface area contributed by atoms with Crippen molar-refractivity contribution in [2.45, 2.75) is 5.50 Å². The first-order valence-corrected chi connectivity index (χ1v) is 2.99. The Morgan fingerprint density at radius 2 is 2.56 bits per heavy atom. The predicted octanol–water partition coefficient (Wildman–Crippen LogP) is 0.720.